The lowest BCUT2D eigenvalue weighted by Crippen LogP contribution is -2.05. The van der Waals surface area contributed by atoms with Gasteiger partial charge in [-0.25, -0.2) is 4.79 Å². The van der Waals surface area contributed by atoms with Gasteiger partial charge in [-0.05, 0) is 47.9 Å². The zero-order valence-corrected chi connectivity index (χ0v) is 17.2. The van der Waals surface area contributed by atoms with Crippen molar-refractivity contribution in [1.82, 2.24) is 0 Å². The van der Waals surface area contributed by atoms with E-state index in [9.17, 15) is 14.7 Å². The van der Waals surface area contributed by atoms with Crippen molar-refractivity contribution in [3.63, 3.8) is 0 Å². The highest BCUT2D eigenvalue weighted by Gasteiger charge is 2.11. The van der Waals surface area contributed by atoms with Crippen LogP contribution in [0.5, 0.6) is 5.75 Å². The van der Waals surface area contributed by atoms with E-state index in [1.807, 2.05) is 42.5 Å². The van der Waals surface area contributed by atoms with Crippen molar-refractivity contribution in [3.8, 4) is 16.9 Å². The number of hydrogen-bond donors (Lipinski definition) is 2. The van der Waals surface area contributed by atoms with Gasteiger partial charge in [0.05, 0.1) is 18.2 Å². The number of aldehydes is 1. The minimum atomic E-state index is -0.334. The van der Waals surface area contributed by atoms with E-state index >= 15 is 0 Å². The lowest BCUT2D eigenvalue weighted by Gasteiger charge is -2.10. The van der Waals surface area contributed by atoms with Gasteiger partial charge in [-0.15, -0.1) is 0 Å². The number of nitrogens with one attached hydrogen (secondary N) is 1. The Balaban J connectivity index is 0.000000234. The predicted octanol–water partition coefficient (Wildman–Crippen LogP) is 5.35. The van der Waals surface area contributed by atoms with Crippen molar-refractivity contribution >= 4 is 29.5 Å². The van der Waals surface area contributed by atoms with Crippen molar-refractivity contribution in [1.29, 1.82) is 0 Å². The molecule has 0 saturated heterocycles. The molecule has 5 nitrogen and oxygen atoms in total. The summed E-state index contributed by atoms with van der Waals surface area (Å²) in [6, 6.07) is 18.7. The first-order valence-electron chi connectivity index (χ1n) is 8.81. The largest absolute Gasteiger partial charge is 0.507 e. The molecule has 0 aromatic heterocycles. The maximum Gasteiger partial charge on any atom is 0.339 e. The average molecular weight is 412 g/mol. The summed E-state index contributed by atoms with van der Waals surface area (Å²) in [4.78, 5) is 21.9. The number of carbonyl (C=O) groups excluding carboxylic acids is 2. The van der Waals surface area contributed by atoms with Gasteiger partial charge in [-0.1, -0.05) is 48.0 Å². The van der Waals surface area contributed by atoms with E-state index in [4.69, 9.17) is 16.3 Å². The number of aryl methyl sites for hydroxylation is 1. The van der Waals surface area contributed by atoms with Crippen LogP contribution in [0.2, 0.25) is 5.02 Å². The Morgan fingerprint density at radius 3 is 2.34 bits per heavy atom. The summed E-state index contributed by atoms with van der Waals surface area (Å²) in [5.41, 5.74) is 4.33. The molecule has 0 heterocycles. The van der Waals surface area contributed by atoms with Gasteiger partial charge in [-0.2, -0.15) is 0 Å². The summed E-state index contributed by atoms with van der Waals surface area (Å²) in [5, 5.41) is 12.7. The lowest BCUT2D eigenvalue weighted by atomic mass is 10.0. The SMILES string of the molecule is CNc1cc(-c2ccccc2)ccc1C(=O)OC.Cc1cc(Cl)cc(C=O)c1O. The zero-order valence-electron chi connectivity index (χ0n) is 16.4. The first kappa shape index (κ1) is 22.0. The van der Waals surface area contributed by atoms with Gasteiger partial charge in [0, 0.05) is 17.8 Å². The van der Waals surface area contributed by atoms with Gasteiger partial charge in [0.15, 0.2) is 6.29 Å². The average Bonchev–Trinajstić information content (AvgIpc) is 2.76. The molecule has 0 radical (unpaired) electrons. The van der Waals surface area contributed by atoms with Gasteiger partial charge in [0.25, 0.3) is 0 Å². The summed E-state index contributed by atoms with van der Waals surface area (Å²) in [6.45, 7) is 1.69. The second-order valence-corrected chi connectivity index (χ2v) is 6.58. The number of methoxy groups -OCH3 is 1. The van der Waals surface area contributed by atoms with Crippen molar-refractivity contribution in [2.45, 2.75) is 6.92 Å². The molecule has 29 heavy (non-hydrogen) atoms. The van der Waals surface area contributed by atoms with Crippen LogP contribution in [0.1, 0.15) is 26.3 Å². The van der Waals surface area contributed by atoms with Crippen molar-refractivity contribution < 1.29 is 19.4 Å². The van der Waals surface area contributed by atoms with Crippen LogP contribution in [-0.4, -0.2) is 31.5 Å². The molecule has 0 aliphatic rings. The van der Waals surface area contributed by atoms with Crippen LogP contribution in [0, 0.1) is 6.92 Å². The molecule has 0 spiro atoms. The number of esters is 1. The third-order valence-corrected chi connectivity index (χ3v) is 4.44. The topological polar surface area (TPSA) is 75.6 Å². The molecule has 3 aromatic rings. The molecular weight excluding hydrogens is 390 g/mol. The van der Waals surface area contributed by atoms with Crippen LogP contribution < -0.4 is 5.32 Å². The molecular formula is C23H22ClNO4. The quantitative estimate of drug-likeness (QED) is 0.447. The Bertz CT molecular complexity index is 1000. The second kappa shape index (κ2) is 10.3. The van der Waals surface area contributed by atoms with Crippen LogP contribution in [-0.2, 0) is 4.74 Å². The molecule has 0 aliphatic heterocycles. The fourth-order valence-electron chi connectivity index (χ4n) is 2.70. The van der Waals surface area contributed by atoms with Crippen molar-refractivity contribution in [2.24, 2.45) is 0 Å². The van der Waals surface area contributed by atoms with Gasteiger partial charge in [0.1, 0.15) is 5.75 Å². The van der Waals surface area contributed by atoms with E-state index < -0.39 is 0 Å². The summed E-state index contributed by atoms with van der Waals surface area (Å²) in [5.74, 6) is -0.330. The Hall–Kier alpha value is -3.31. The predicted molar refractivity (Wildman–Crippen MR) is 116 cm³/mol. The molecule has 3 rings (SSSR count). The van der Waals surface area contributed by atoms with Gasteiger partial charge >= 0.3 is 5.97 Å². The normalized spacial score (nSPS) is 9.79. The standard InChI is InChI=1S/C15H15NO2.C8H7ClO2/c1-16-14-10-12(11-6-4-3-5-7-11)8-9-13(14)15(17)18-2;1-5-2-7(9)3-6(4-10)8(5)11/h3-10,16H,1-2H3;2-4,11H,1H3. The Kier molecular flexibility index (Phi) is 7.80. The van der Waals surface area contributed by atoms with E-state index in [-0.39, 0.29) is 17.3 Å². The highest BCUT2D eigenvalue weighted by molar-refractivity contribution is 6.31. The zero-order chi connectivity index (χ0) is 21.4. The number of ether oxygens (including phenoxy) is 1. The number of hydrogen-bond acceptors (Lipinski definition) is 5. The minimum absolute atomic E-state index is 0.00407. The molecule has 3 aromatic carbocycles. The second-order valence-electron chi connectivity index (χ2n) is 6.15. The number of phenols is 1. The van der Waals surface area contributed by atoms with E-state index in [0.717, 1.165) is 16.8 Å². The first-order valence-corrected chi connectivity index (χ1v) is 9.18. The maximum atomic E-state index is 11.6. The Morgan fingerprint density at radius 2 is 1.76 bits per heavy atom. The monoisotopic (exact) mass is 411 g/mol. The fourth-order valence-corrected chi connectivity index (χ4v) is 2.98. The third kappa shape index (κ3) is 5.59. The Labute approximate surface area is 174 Å². The molecule has 0 aliphatic carbocycles. The summed E-state index contributed by atoms with van der Waals surface area (Å²) < 4.78 is 4.75. The van der Waals surface area contributed by atoms with E-state index in [1.54, 1.807) is 26.1 Å². The van der Waals surface area contributed by atoms with Gasteiger partial charge in [-0.3, -0.25) is 4.79 Å². The highest BCUT2D eigenvalue weighted by Crippen LogP contribution is 2.26. The number of phenolic OH excluding ortho intramolecular Hbond substituents is 1. The van der Waals surface area contributed by atoms with Gasteiger partial charge in [0.2, 0.25) is 0 Å². The Morgan fingerprint density at radius 1 is 1.07 bits per heavy atom. The van der Waals surface area contributed by atoms with E-state index in [2.05, 4.69) is 5.32 Å². The molecule has 0 saturated carbocycles. The van der Waals surface area contributed by atoms with Crippen LogP contribution in [0.3, 0.4) is 0 Å². The number of benzene rings is 3. The number of halogens is 1. The minimum Gasteiger partial charge on any atom is -0.507 e. The number of anilines is 1. The van der Waals surface area contributed by atoms with Crippen LogP contribution in [0.4, 0.5) is 5.69 Å². The van der Waals surface area contributed by atoms with Crippen LogP contribution >= 0.6 is 11.6 Å². The maximum absolute atomic E-state index is 11.6. The summed E-state index contributed by atoms with van der Waals surface area (Å²) in [6.07, 6.45) is 0.578. The molecule has 6 heteroatoms. The number of rotatable bonds is 4. The molecule has 150 valence electrons. The van der Waals surface area contributed by atoms with E-state index in [1.165, 1.54) is 13.2 Å². The van der Waals surface area contributed by atoms with Gasteiger partial charge < -0.3 is 15.2 Å². The molecule has 0 bridgehead atoms. The van der Waals surface area contributed by atoms with E-state index in [0.29, 0.717) is 22.4 Å². The van der Waals surface area contributed by atoms with Crippen LogP contribution in [0.25, 0.3) is 11.1 Å². The number of aromatic hydroxyl groups is 1. The molecule has 0 unspecified atom stereocenters. The number of carbonyl (C=O) groups is 2. The summed E-state index contributed by atoms with van der Waals surface area (Å²) >= 11 is 5.63. The lowest BCUT2D eigenvalue weighted by molar-refractivity contribution is 0.0601. The molecule has 0 amide bonds. The smallest absolute Gasteiger partial charge is 0.339 e. The molecule has 2 N–H and O–H groups in total. The molecule has 0 fully saturated rings. The fraction of sp³-hybridized carbons (Fsp3) is 0.130. The summed E-state index contributed by atoms with van der Waals surface area (Å²) in [7, 11) is 3.17. The first-order chi connectivity index (χ1) is 13.9. The van der Waals surface area contributed by atoms with Crippen LogP contribution in [0.15, 0.2) is 60.7 Å². The third-order valence-electron chi connectivity index (χ3n) is 4.22. The highest BCUT2D eigenvalue weighted by atomic mass is 35.5. The molecule has 0 atom stereocenters. The van der Waals surface area contributed by atoms with Crippen molar-refractivity contribution in [3.05, 3.63) is 82.4 Å². The van der Waals surface area contributed by atoms with Crippen molar-refractivity contribution in [2.75, 3.05) is 19.5 Å².